The van der Waals surface area contributed by atoms with Crippen LogP contribution in [0.4, 0.5) is 11.4 Å². The molecule has 3 nitrogen and oxygen atoms in total. The van der Waals surface area contributed by atoms with E-state index in [0.717, 1.165) is 18.8 Å². The van der Waals surface area contributed by atoms with Gasteiger partial charge in [-0.15, -0.1) is 11.6 Å². The average Bonchev–Trinajstić information content (AvgIpc) is 2.33. The van der Waals surface area contributed by atoms with Crippen molar-refractivity contribution in [1.29, 1.82) is 0 Å². The Morgan fingerprint density at radius 2 is 1.82 bits per heavy atom. The number of rotatable bonds is 6. The Labute approximate surface area is 108 Å². The van der Waals surface area contributed by atoms with Crippen LogP contribution in [0.5, 0.6) is 0 Å². The lowest BCUT2D eigenvalue weighted by atomic mass is 10.2. The molecule has 1 aromatic rings. The van der Waals surface area contributed by atoms with Crippen LogP contribution in [-0.4, -0.2) is 24.9 Å². The largest absolute Gasteiger partial charge is 0.372 e. The van der Waals surface area contributed by atoms with Crippen LogP contribution >= 0.6 is 11.6 Å². The van der Waals surface area contributed by atoms with Crippen LogP contribution in [0.2, 0.25) is 0 Å². The molecule has 0 radical (unpaired) electrons. The molecule has 0 saturated heterocycles. The number of hydrogen-bond acceptors (Lipinski definition) is 2. The van der Waals surface area contributed by atoms with E-state index in [0.29, 0.717) is 12.3 Å². The highest BCUT2D eigenvalue weighted by Crippen LogP contribution is 2.17. The third kappa shape index (κ3) is 4.27. The molecule has 0 fully saturated rings. The molecule has 0 aliphatic carbocycles. The van der Waals surface area contributed by atoms with Gasteiger partial charge in [0.15, 0.2) is 0 Å². The smallest absolute Gasteiger partial charge is 0.225 e. The van der Waals surface area contributed by atoms with Gasteiger partial charge in [0.05, 0.1) is 0 Å². The van der Waals surface area contributed by atoms with Crippen LogP contribution in [-0.2, 0) is 4.79 Å². The van der Waals surface area contributed by atoms with Crippen LogP contribution in [0.3, 0.4) is 0 Å². The van der Waals surface area contributed by atoms with E-state index in [9.17, 15) is 4.79 Å². The third-order valence-electron chi connectivity index (χ3n) is 2.60. The Balaban J connectivity index is 2.64. The second-order valence-corrected chi connectivity index (χ2v) is 4.08. The van der Waals surface area contributed by atoms with Crippen molar-refractivity contribution in [2.75, 3.05) is 29.2 Å². The van der Waals surface area contributed by atoms with Crippen molar-refractivity contribution in [3.8, 4) is 0 Å². The Kier molecular flexibility index (Phi) is 5.84. The molecule has 0 atom stereocenters. The quantitative estimate of drug-likeness (QED) is 0.792. The van der Waals surface area contributed by atoms with Crippen molar-refractivity contribution < 1.29 is 4.79 Å². The molecular weight excluding hydrogens is 236 g/mol. The van der Waals surface area contributed by atoms with Crippen LogP contribution in [0.15, 0.2) is 24.3 Å². The van der Waals surface area contributed by atoms with Gasteiger partial charge in [-0.2, -0.15) is 0 Å². The minimum atomic E-state index is -0.0458. The van der Waals surface area contributed by atoms with Crippen LogP contribution in [0.1, 0.15) is 20.3 Å². The average molecular weight is 255 g/mol. The van der Waals surface area contributed by atoms with Gasteiger partial charge >= 0.3 is 0 Å². The summed E-state index contributed by atoms with van der Waals surface area (Å²) in [6, 6.07) is 7.87. The van der Waals surface area contributed by atoms with Gasteiger partial charge in [-0.05, 0) is 38.1 Å². The maximum Gasteiger partial charge on any atom is 0.225 e. The summed E-state index contributed by atoms with van der Waals surface area (Å²) in [5.74, 6) is 0.305. The molecule has 1 rings (SSSR count). The van der Waals surface area contributed by atoms with E-state index in [4.69, 9.17) is 11.6 Å². The zero-order chi connectivity index (χ0) is 12.7. The highest BCUT2D eigenvalue weighted by atomic mass is 35.5. The van der Waals surface area contributed by atoms with Gasteiger partial charge in [0, 0.05) is 36.8 Å². The molecule has 94 valence electrons. The maximum atomic E-state index is 11.3. The van der Waals surface area contributed by atoms with Gasteiger partial charge < -0.3 is 10.2 Å². The fourth-order valence-corrected chi connectivity index (χ4v) is 1.83. The molecule has 1 N–H and O–H groups in total. The second kappa shape index (κ2) is 7.17. The molecule has 0 aromatic heterocycles. The summed E-state index contributed by atoms with van der Waals surface area (Å²) in [5.41, 5.74) is 1.99. The first-order valence-electron chi connectivity index (χ1n) is 5.92. The maximum absolute atomic E-state index is 11.3. The van der Waals surface area contributed by atoms with Gasteiger partial charge in [-0.25, -0.2) is 0 Å². The van der Waals surface area contributed by atoms with Gasteiger partial charge in [0.1, 0.15) is 0 Å². The van der Waals surface area contributed by atoms with Crippen molar-refractivity contribution >= 4 is 28.9 Å². The summed E-state index contributed by atoms with van der Waals surface area (Å²) in [4.78, 5) is 13.6. The first kappa shape index (κ1) is 13.8. The van der Waals surface area contributed by atoms with Crippen molar-refractivity contribution in [1.82, 2.24) is 0 Å². The summed E-state index contributed by atoms with van der Waals surface area (Å²) in [5, 5.41) is 2.80. The zero-order valence-electron chi connectivity index (χ0n) is 10.4. The lowest BCUT2D eigenvalue weighted by Crippen LogP contribution is -2.21. The standard InChI is InChI=1S/C13H19ClN2O/c1-3-16(4-2)12-7-5-11(6-8-12)15-13(17)9-10-14/h5-8H,3-4,9-10H2,1-2H3,(H,15,17). The van der Waals surface area contributed by atoms with E-state index < -0.39 is 0 Å². The first-order chi connectivity index (χ1) is 8.21. The highest BCUT2D eigenvalue weighted by molar-refractivity contribution is 6.19. The number of nitrogens with one attached hydrogen (secondary N) is 1. The molecule has 1 amide bonds. The molecule has 17 heavy (non-hydrogen) atoms. The summed E-state index contributed by atoms with van der Waals surface area (Å²) < 4.78 is 0. The number of hydrogen-bond donors (Lipinski definition) is 1. The number of carbonyl (C=O) groups excluding carboxylic acids is 1. The van der Waals surface area contributed by atoms with Crippen LogP contribution in [0, 0.1) is 0 Å². The monoisotopic (exact) mass is 254 g/mol. The number of benzene rings is 1. The SMILES string of the molecule is CCN(CC)c1ccc(NC(=O)CCCl)cc1. The van der Waals surface area contributed by atoms with Crippen molar-refractivity contribution in [3.05, 3.63) is 24.3 Å². The Morgan fingerprint density at radius 3 is 2.29 bits per heavy atom. The predicted octanol–water partition coefficient (Wildman–Crippen LogP) is 3.10. The van der Waals surface area contributed by atoms with Gasteiger partial charge in [0.2, 0.25) is 5.91 Å². The molecule has 0 aliphatic rings. The fraction of sp³-hybridized carbons (Fsp3) is 0.462. The van der Waals surface area contributed by atoms with Crippen molar-refractivity contribution in [3.63, 3.8) is 0 Å². The summed E-state index contributed by atoms with van der Waals surface area (Å²) in [6.45, 7) is 6.21. The van der Waals surface area contributed by atoms with Crippen LogP contribution in [0.25, 0.3) is 0 Å². The summed E-state index contributed by atoms with van der Waals surface area (Å²) in [7, 11) is 0. The number of anilines is 2. The molecular formula is C13H19ClN2O. The lowest BCUT2D eigenvalue weighted by molar-refractivity contribution is -0.115. The molecule has 1 aromatic carbocycles. The van der Waals surface area contributed by atoms with Crippen molar-refractivity contribution in [2.24, 2.45) is 0 Å². The van der Waals surface area contributed by atoms with Gasteiger partial charge in [0.25, 0.3) is 0 Å². The second-order valence-electron chi connectivity index (χ2n) is 3.71. The fourth-order valence-electron chi connectivity index (χ4n) is 1.65. The number of amides is 1. The van der Waals surface area contributed by atoms with E-state index in [1.54, 1.807) is 0 Å². The van der Waals surface area contributed by atoms with E-state index in [1.165, 1.54) is 5.69 Å². The molecule has 0 heterocycles. The normalized spacial score (nSPS) is 10.1. The van der Waals surface area contributed by atoms with E-state index in [-0.39, 0.29) is 5.91 Å². The number of carbonyl (C=O) groups is 1. The van der Waals surface area contributed by atoms with Crippen LogP contribution < -0.4 is 10.2 Å². The predicted molar refractivity (Wildman–Crippen MR) is 74.0 cm³/mol. The Bertz CT molecular complexity index is 347. The summed E-state index contributed by atoms with van der Waals surface area (Å²) >= 11 is 5.50. The van der Waals surface area contributed by atoms with Crippen molar-refractivity contribution in [2.45, 2.75) is 20.3 Å². The minimum absolute atomic E-state index is 0.0458. The topological polar surface area (TPSA) is 32.3 Å². The van der Waals surface area contributed by atoms with E-state index in [2.05, 4.69) is 24.1 Å². The van der Waals surface area contributed by atoms with E-state index in [1.807, 2.05) is 24.3 Å². The Morgan fingerprint density at radius 1 is 1.24 bits per heavy atom. The number of alkyl halides is 1. The zero-order valence-corrected chi connectivity index (χ0v) is 11.1. The third-order valence-corrected chi connectivity index (χ3v) is 2.79. The number of nitrogens with zero attached hydrogens (tertiary/aromatic N) is 1. The highest BCUT2D eigenvalue weighted by Gasteiger charge is 2.03. The van der Waals surface area contributed by atoms with E-state index >= 15 is 0 Å². The van der Waals surface area contributed by atoms with Gasteiger partial charge in [-0.3, -0.25) is 4.79 Å². The lowest BCUT2D eigenvalue weighted by Gasteiger charge is -2.21. The molecule has 0 saturated carbocycles. The molecule has 0 spiro atoms. The number of halogens is 1. The molecule has 0 aliphatic heterocycles. The summed E-state index contributed by atoms with van der Waals surface area (Å²) in [6.07, 6.45) is 0.347. The minimum Gasteiger partial charge on any atom is -0.372 e. The molecule has 4 heteroatoms. The van der Waals surface area contributed by atoms with Gasteiger partial charge in [-0.1, -0.05) is 0 Å². The first-order valence-corrected chi connectivity index (χ1v) is 6.45. The molecule has 0 unspecified atom stereocenters. The Hall–Kier alpha value is -1.22. The molecule has 0 bridgehead atoms.